The van der Waals surface area contributed by atoms with Gasteiger partial charge in [-0.2, -0.15) is 0 Å². The van der Waals surface area contributed by atoms with Crippen molar-refractivity contribution in [3.05, 3.63) is 47.6 Å². The van der Waals surface area contributed by atoms with Crippen LogP contribution in [0.15, 0.2) is 47.6 Å². The van der Waals surface area contributed by atoms with E-state index in [4.69, 9.17) is 28.4 Å². The molecule has 3 fully saturated rings. The first-order valence-corrected chi connectivity index (χ1v) is 25.8. The van der Waals surface area contributed by atoms with Crippen LogP contribution in [0.4, 0.5) is 4.79 Å². The second-order valence-electron chi connectivity index (χ2n) is 20.6. The summed E-state index contributed by atoms with van der Waals surface area (Å²) in [5.74, 6) is -8.46. The number of Topliss-reactive ketones (excluding diaryl/α,β-unsaturated/α-hetero) is 3. The highest BCUT2D eigenvalue weighted by Gasteiger charge is 2.53. The van der Waals surface area contributed by atoms with Gasteiger partial charge in [0.1, 0.15) is 36.7 Å². The fourth-order valence-corrected chi connectivity index (χ4v) is 10.4. The summed E-state index contributed by atoms with van der Waals surface area (Å²) < 4.78 is 35.0. The summed E-state index contributed by atoms with van der Waals surface area (Å²) in [5, 5.41) is 36.5. The zero-order valence-electron chi connectivity index (χ0n) is 43.8. The van der Waals surface area contributed by atoms with Crippen LogP contribution in [0.5, 0.6) is 0 Å². The minimum absolute atomic E-state index is 0.0290. The molecule has 2 saturated heterocycles. The number of carbonyl (C=O) groups excluding carboxylic acids is 6. The van der Waals surface area contributed by atoms with Crippen molar-refractivity contribution in [3.63, 3.8) is 0 Å². The van der Waals surface area contributed by atoms with Crippen molar-refractivity contribution in [3.8, 4) is 0 Å². The van der Waals surface area contributed by atoms with E-state index >= 15 is 0 Å². The number of rotatable bonds is 9. The van der Waals surface area contributed by atoms with E-state index in [1.54, 1.807) is 40.9 Å². The first-order valence-electron chi connectivity index (χ1n) is 25.8. The van der Waals surface area contributed by atoms with Gasteiger partial charge in [0, 0.05) is 58.4 Å². The van der Waals surface area contributed by atoms with Crippen LogP contribution in [0.2, 0.25) is 0 Å². The van der Waals surface area contributed by atoms with Crippen molar-refractivity contribution in [2.75, 3.05) is 41.0 Å². The van der Waals surface area contributed by atoms with E-state index in [2.05, 4.69) is 5.32 Å². The number of nitrogens with one attached hydrogen (secondary N) is 1. The number of cyclic esters (lactones) is 1. The highest BCUT2D eigenvalue weighted by atomic mass is 16.6. The molecule has 0 aromatic carbocycles. The molecule has 4 rings (SSSR count). The summed E-state index contributed by atoms with van der Waals surface area (Å²) >= 11 is 0. The maximum absolute atomic E-state index is 14.5. The van der Waals surface area contributed by atoms with Gasteiger partial charge in [-0.05, 0) is 107 Å². The monoisotopic (exact) mass is 1000 g/mol. The lowest BCUT2D eigenvalue weighted by Gasteiger charge is -2.43. The van der Waals surface area contributed by atoms with E-state index in [1.165, 1.54) is 14.2 Å². The normalized spacial score (nSPS) is 36.7. The molecule has 17 nitrogen and oxygen atoms in total. The fraction of sp³-hybridized carbons (Fsp3) is 0.741. The van der Waals surface area contributed by atoms with Crippen molar-refractivity contribution in [2.45, 2.75) is 180 Å². The first kappa shape index (κ1) is 59.5. The molecule has 2 bridgehead atoms. The Morgan fingerprint density at radius 3 is 2.32 bits per heavy atom. The topological polar surface area (TPSA) is 234 Å². The summed E-state index contributed by atoms with van der Waals surface area (Å²) in [5.41, 5.74) is 1.13. The average Bonchev–Trinajstić information content (AvgIpc) is 3.35. The average molecular weight is 1000 g/mol. The number of aliphatic hydroxyl groups excluding tert-OH is 2. The Labute approximate surface area is 421 Å². The molecule has 3 aliphatic heterocycles. The Kier molecular flexibility index (Phi) is 23.8. The van der Waals surface area contributed by atoms with Crippen molar-refractivity contribution in [2.24, 2.45) is 35.5 Å². The zero-order valence-corrected chi connectivity index (χ0v) is 43.8. The number of hydrogen-bond acceptors (Lipinski definition) is 15. The Hall–Kier alpha value is -4.10. The molecule has 4 aliphatic rings. The van der Waals surface area contributed by atoms with Crippen molar-refractivity contribution >= 4 is 35.3 Å². The SMILES string of the molecule is CNC(=O)OCCO[C@@H]1C[C@@H]2CC[C@@H](C)[C@@](O)(O2)C(=O)C(=O)N2CCCC[C@H]2C(=O)O[C@H]([C@H](C)C[C@@H]2CC[C@@H](O)[C@H](OC)C2)CC(=O)[C@H](C)/C=C(\C)[C@@H](O)[C@@H](OC)C(=O)[C@H](C)C[C@H](C)/C=C/C=CC=C1C. The van der Waals surface area contributed by atoms with E-state index in [1.807, 2.05) is 51.2 Å². The zero-order chi connectivity index (χ0) is 52.6. The van der Waals surface area contributed by atoms with Gasteiger partial charge in [-0.1, -0.05) is 71.1 Å². The summed E-state index contributed by atoms with van der Waals surface area (Å²) in [6, 6.07) is -1.18. The number of methoxy groups -OCH3 is 2. The molecule has 17 heteroatoms. The minimum atomic E-state index is -2.52. The number of ketones is 3. The Balaban J connectivity index is 1.72. The summed E-state index contributed by atoms with van der Waals surface area (Å²) in [6.45, 7) is 12.5. The summed E-state index contributed by atoms with van der Waals surface area (Å²) in [7, 11) is 4.37. The van der Waals surface area contributed by atoms with Crippen molar-refractivity contribution < 1.29 is 72.5 Å². The second-order valence-corrected chi connectivity index (χ2v) is 20.6. The van der Waals surface area contributed by atoms with Gasteiger partial charge >= 0.3 is 12.1 Å². The van der Waals surface area contributed by atoms with E-state index in [0.29, 0.717) is 63.4 Å². The first-order chi connectivity index (χ1) is 33.6. The van der Waals surface area contributed by atoms with Gasteiger partial charge in [0.25, 0.3) is 11.7 Å². The van der Waals surface area contributed by atoms with Crippen molar-refractivity contribution in [1.82, 2.24) is 10.2 Å². The largest absolute Gasteiger partial charge is 0.460 e. The number of nitrogens with zero attached hydrogens (tertiary/aromatic N) is 1. The lowest BCUT2D eigenvalue weighted by atomic mass is 9.78. The molecule has 0 spiro atoms. The molecule has 2 amide bonds. The molecule has 15 atom stereocenters. The standard InChI is InChI=1S/C54H84N2O15/c1-32-16-12-11-13-17-33(2)44(68-24-25-69-53(64)55-8)30-40-21-19-38(7)54(65,71-40)50(61)51(62)56-23-15-14-18-41(56)52(63)70-45(35(4)28-39-20-22-42(57)46(29-39)66-9)31-43(58)34(3)27-37(6)48(60)49(67-10)47(59)36(5)26-32/h11-13,16-17,27,32,34-36,38-42,44-46,48-49,57,60,65H,14-15,18-26,28-31H2,1-10H3,(H,55,64)/b13-11?,16-12+,33-17?,37-27+/t32-,34-,35-,36-,38-,39+,40+,41+,42-,44-,45+,46-,48-,49+,54-/m1/s1. The predicted octanol–water partition coefficient (Wildman–Crippen LogP) is 5.91. The maximum Gasteiger partial charge on any atom is 0.406 e. The van der Waals surface area contributed by atoms with Gasteiger partial charge in [0.05, 0.1) is 31.0 Å². The maximum atomic E-state index is 14.5. The molecular formula is C54H84N2O15. The van der Waals surface area contributed by atoms with Crippen LogP contribution < -0.4 is 5.32 Å². The van der Waals surface area contributed by atoms with Crippen molar-refractivity contribution in [1.29, 1.82) is 0 Å². The molecule has 4 N–H and O–H groups in total. The highest BCUT2D eigenvalue weighted by Crippen LogP contribution is 2.38. The molecule has 3 heterocycles. The second kappa shape index (κ2) is 28.4. The van der Waals surface area contributed by atoms with Crippen LogP contribution in [-0.2, 0) is 52.4 Å². The lowest BCUT2D eigenvalue weighted by molar-refractivity contribution is -0.266. The van der Waals surface area contributed by atoms with E-state index in [9.17, 15) is 44.1 Å². The van der Waals surface area contributed by atoms with Crippen LogP contribution in [0.3, 0.4) is 0 Å². The number of esters is 1. The number of aliphatic hydroxyl groups is 3. The number of fused-ring (bicyclic) bond motifs is 3. The predicted molar refractivity (Wildman–Crippen MR) is 264 cm³/mol. The Morgan fingerprint density at radius 2 is 1.63 bits per heavy atom. The number of hydrogen-bond donors (Lipinski definition) is 4. The van der Waals surface area contributed by atoms with Crippen LogP contribution in [0.25, 0.3) is 0 Å². The number of ether oxygens (including phenoxy) is 6. The molecule has 0 aromatic heterocycles. The number of amides is 2. The number of allylic oxidation sites excluding steroid dienone is 6. The van der Waals surface area contributed by atoms with Crippen LogP contribution in [0.1, 0.15) is 126 Å². The van der Waals surface area contributed by atoms with Crippen LogP contribution in [-0.4, -0.2) is 151 Å². The molecule has 0 unspecified atom stereocenters. The molecule has 1 saturated carbocycles. The third-order valence-corrected chi connectivity index (χ3v) is 15.0. The smallest absolute Gasteiger partial charge is 0.406 e. The van der Waals surface area contributed by atoms with Crippen LogP contribution in [0, 0.1) is 35.5 Å². The third-order valence-electron chi connectivity index (χ3n) is 15.0. The molecule has 71 heavy (non-hydrogen) atoms. The van der Waals surface area contributed by atoms with Gasteiger partial charge in [-0.15, -0.1) is 0 Å². The Morgan fingerprint density at radius 1 is 0.901 bits per heavy atom. The minimum Gasteiger partial charge on any atom is -0.460 e. The number of piperidine rings is 1. The molecule has 400 valence electrons. The summed E-state index contributed by atoms with van der Waals surface area (Å²) in [4.78, 5) is 84.1. The molecule has 0 radical (unpaired) electrons. The van der Waals surface area contributed by atoms with E-state index in [-0.39, 0.29) is 74.4 Å². The molecule has 0 aromatic rings. The van der Waals surface area contributed by atoms with Gasteiger partial charge in [0.15, 0.2) is 5.78 Å². The Bertz CT molecular complexity index is 1930. The fourth-order valence-electron chi connectivity index (χ4n) is 10.4. The lowest BCUT2D eigenvalue weighted by Crippen LogP contribution is -2.61. The highest BCUT2D eigenvalue weighted by molar-refractivity contribution is 6.39. The quantitative estimate of drug-likeness (QED) is 0.0911. The van der Waals surface area contributed by atoms with Gasteiger partial charge in [-0.3, -0.25) is 19.2 Å². The third kappa shape index (κ3) is 16.7. The number of alkyl carbamates (subject to hydrolysis) is 1. The number of carbonyl (C=O) groups is 6. The van der Waals surface area contributed by atoms with Gasteiger partial charge in [0.2, 0.25) is 5.79 Å². The van der Waals surface area contributed by atoms with Gasteiger partial charge < -0.3 is 54.0 Å². The molecular weight excluding hydrogens is 917 g/mol. The van der Waals surface area contributed by atoms with E-state index < -0.39 is 90.0 Å². The van der Waals surface area contributed by atoms with Gasteiger partial charge in [-0.25, -0.2) is 9.59 Å². The van der Waals surface area contributed by atoms with Crippen LogP contribution >= 0.6 is 0 Å². The van der Waals surface area contributed by atoms with E-state index in [0.717, 1.165) is 10.5 Å². The molecule has 1 aliphatic carbocycles. The summed E-state index contributed by atoms with van der Waals surface area (Å²) in [6.07, 6.45) is 9.35.